The topological polar surface area (TPSA) is 12.0 Å². The van der Waals surface area contributed by atoms with Gasteiger partial charge in [0.05, 0.1) is 5.56 Å². The van der Waals surface area contributed by atoms with Gasteiger partial charge in [-0.3, -0.25) is 0 Å². The van der Waals surface area contributed by atoms with E-state index in [4.69, 9.17) is 11.6 Å². The standard InChI is InChI=1S/C17H18ClF2N/c1-10(2)21-9-13-6-5-12(8-14(13)18)16-15(19)7-4-11(3)17(16)20/h4-8,10,21H,9H2,1-3H3. The van der Waals surface area contributed by atoms with Gasteiger partial charge < -0.3 is 5.32 Å². The van der Waals surface area contributed by atoms with Crippen LogP contribution in [0, 0.1) is 18.6 Å². The highest BCUT2D eigenvalue weighted by molar-refractivity contribution is 6.31. The second-order valence-corrected chi connectivity index (χ2v) is 5.80. The van der Waals surface area contributed by atoms with Crippen molar-refractivity contribution in [1.29, 1.82) is 0 Å². The van der Waals surface area contributed by atoms with Crippen molar-refractivity contribution in [2.24, 2.45) is 0 Å². The van der Waals surface area contributed by atoms with Gasteiger partial charge in [0.25, 0.3) is 0 Å². The van der Waals surface area contributed by atoms with Crippen LogP contribution >= 0.6 is 11.6 Å². The predicted octanol–water partition coefficient (Wildman–Crippen LogP) is 5.09. The fourth-order valence-electron chi connectivity index (χ4n) is 2.08. The van der Waals surface area contributed by atoms with Crippen molar-refractivity contribution in [3.8, 4) is 11.1 Å². The van der Waals surface area contributed by atoms with Crippen LogP contribution in [0.2, 0.25) is 5.02 Å². The first kappa shape index (κ1) is 15.9. The summed E-state index contributed by atoms with van der Waals surface area (Å²) in [5.41, 5.74) is 1.74. The molecule has 0 saturated heterocycles. The summed E-state index contributed by atoms with van der Waals surface area (Å²) >= 11 is 6.22. The Morgan fingerprint density at radius 2 is 1.86 bits per heavy atom. The van der Waals surface area contributed by atoms with Crippen LogP contribution in [0.15, 0.2) is 30.3 Å². The third-order valence-corrected chi connectivity index (χ3v) is 3.68. The number of nitrogens with one attached hydrogen (secondary N) is 1. The molecule has 0 aromatic heterocycles. The maximum Gasteiger partial charge on any atom is 0.136 e. The third-order valence-electron chi connectivity index (χ3n) is 3.33. The van der Waals surface area contributed by atoms with Crippen molar-refractivity contribution in [2.75, 3.05) is 0 Å². The number of aryl methyl sites for hydroxylation is 1. The highest BCUT2D eigenvalue weighted by atomic mass is 35.5. The Balaban J connectivity index is 2.39. The molecule has 1 nitrogen and oxygen atoms in total. The van der Waals surface area contributed by atoms with Crippen LogP contribution in [0.3, 0.4) is 0 Å². The lowest BCUT2D eigenvalue weighted by Crippen LogP contribution is -2.21. The number of rotatable bonds is 4. The highest BCUT2D eigenvalue weighted by Gasteiger charge is 2.14. The summed E-state index contributed by atoms with van der Waals surface area (Å²) in [5.74, 6) is -1.12. The first-order valence-corrected chi connectivity index (χ1v) is 7.24. The summed E-state index contributed by atoms with van der Waals surface area (Å²) in [4.78, 5) is 0. The van der Waals surface area contributed by atoms with Gasteiger partial charge in [-0.2, -0.15) is 0 Å². The van der Waals surface area contributed by atoms with Gasteiger partial charge >= 0.3 is 0 Å². The van der Waals surface area contributed by atoms with Crippen molar-refractivity contribution >= 4 is 11.6 Å². The molecule has 2 aromatic carbocycles. The molecule has 21 heavy (non-hydrogen) atoms. The van der Waals surface area contributed by atoms with E-state index in [0.717, 1.165) is 5.56 Å². The molecule has 0 spiro atoms. The number of hydrogen-bond donors (Lipinski definition) is 1. The molecule has 0 heterocycles. The van der Waals surface area contributed by atoms with Crippen LogP contribution in [-0.2, 0) is 6.54 Å². The molecule has 0 bridgehead atoms. The largest absolute Gasteiger partial charge is 0.310 e. The Morgan fingerprint density at radius 3 is 2.48 bits per heavy atom. The van der Waals surface area contributed by atoms with Gasteiger partial charge in [0.1, 0.15) is 11.6 Å². The van der Waals surface area contributed by atoms with Crippen LogP contribution in [0.5, 0.6) is 0 Å². The Bertz CT molecular complexity index is 653. The first-order valence-electron chi connectivity index (χ1n) is 6.87. The Hall–Kier alpha value is -1.45. The second-order valence-electron chi connectivity index (χ2n) is 5.40. The van der Waals surface area contributed by atoms with E-state index in [1.165, 1.54) is 12.1 Å². The minimum absolute atomic E-state index is 0.0275. The zero-order chi connectivity index (χ0) is 15.6. The van der Waals surface area contributed by atoms with Crippen molar-refractivity contribution in [3.05, 3.63) is 58.1 Å². The zero-order valence-corrected chi connectivity index (χ0v) is 13.1. The van der Waals surface area contributed by atoms with Crippen LogP contribution in [0.4, 0.5) is 8.78 Å². The Labute approximate surface area is 128 Å². The minimum atomic E-state index is -0.581. The molecule has 2 rings (SSSR count). The maximum atomic E-state index is 14.1. The van der Waals surface area contributed by atoms with Crippen molar-refractivity contribution in [1.82, 2.24) is 5.32 Å². The molecule has 0 saturated carbocycles. The molecule has 0 amide bonds. The Morgan fingerprint density at radius 1 is 1.14 bits per heavy atom. The molecule has 0 atom stereocenters. The molecule has 0 aliphatic rings. The monoisotopic (exact) mass is 309 g/mol. The molecule has 0 radical (unpaired) electrons. The maximum absolute atomic E-state index is 14.1. The van der Waals surface area contributed by atoms with Crippen LogP contribution < -0.4 is 5.32 Å². The Kier molecular flexibility index (Phi) is 4.96. The van der Waals surface area contributed by atoms with E-state index in [9.17, 15) is 8.78 Å². The van der Waals surface area contributed by atoms with E-state index in [0.29, 0.717) is 28.7 Å². The average molecular weight is 310 g/mol. The first-order chi connectivity index (χ1) is 9.90. The summed E-state index contributed by atoms with van der Waals surface area (Å²) in [6.45, 7) is 6.32. The lowest BCUT2D eigenvalue weighted by atomic mass is 10.0. The molecular formula is C17H18ClF2N. The van der Waals surface area contributed by atoms with Gasteiger partial charge in [-0.05, 0) is 35.7 Å². The predicted molar refractivity (Wildman–Crippen MR) is 83.5 cm³/mol. The van der Waals surface area contributed by atoms with E-state index in [-0.39, 0.29) is 5.56 Å². The molecule has 0 aliphatic carbocycles. The number of hydrogen-bond acceptors (Lipinski definition) is 1. The fourth-order valence-corrected chi connectivity index (χ4v) is 2.33. The third kappa shape index (κ3) is 3.60. The molecule has 0 aliphatic heterocycles. The van der Waals surface area contributed by atoms with E-state index < -0.39 is 11.6 Å². The summed E-state index contributed by atoms with van der Waals surface area (Å²) in [7, 11) is 0. The highest BCUT2D eigenvalue weighted by Crippen LogP contribution is 2.31. The quantitative estimate of drug-likeness (QED) is 0.829. The lowest BCUT2D eigenvalue weighted by molar-refractivity contribution is 0.583. The van der Waals surface area contributed by atoms with Gasteiger partial charge in [-0.1, -0.05) is 43.6 Å². The van der Waals surface area contributed by atoms with E-state index in [1.54, 1.807) is 25.1 Å². The molecule has 4 heteroatoms. The molecule has 0 fully saturated rings. The number of halogens is 3. The fraction of sp³-hybridized carbons (Fsp3) is 0.294. The summed E-state index contributed by atoms with van der Waals surface area (Å²) in [6, 6.07) is 8.15. The normalized spacial score (nSPS) is 11.2. The summed E-state index contributed by atoms with van der Waals surface area (Å²) in [5, 5.41) is 3.76. The molecule has 112 valence electrons. The summed E-state index contributed by atoms with van der Waals surface area (Å²) < 4.78 is 28.0. The van der Waals surface area contributed by atoms with Gasteiger partial charge in [-0.15, -0.1) is 0 Å². The van der Waals surface area contributed by atoms with E-state index >= 15 is 0 Å². The molecule has 2 aromatic rings. The summed E-state index contributed by atoms with van der Waals surface area (Å²) in [6.07, 6.45) is 0. The van der Waals surface area contributed by atoms with Gasteiger partial charge in [-0.25, -0.2) is 8.78 Å². The van der Waals surface area contributed by atoms with Crippen LogP contribution in [0.25, 0.3) is 11.1 Å². The van der Waals surface area contributed by atoms with E-state index in [2.05, 4.69) is 5.32 Å². The van der Waals surface area contributed by atoms with Crippen LogP contribution in [0.1, 0.15) is 25.0 Å². The van der Waals surface area contributed by atoms with Crippen molar-refractivity contribution in [2.45, 2.75) is 33.4 Å². The molecule has 0 unspecified atom stereocenters. The second kappa shape index (κ2) is 6.54. The number of benzene rings is 2. The lowest BCUT2D eigenvalue weighted by Gasteiger charge is -2.12. The smallest absolute Gasteiger partial charge is 0.136 e. The zero-order valence-electron chi connectivity index (χ0n) is 12.3. The van der Waals surface area contributed by atoms with Gasteiger partial charge in [0.2, 0.25) is 0 Å². The van der Waals surface area contributed by atoms with Crippen molar-refractivity contribution in [3.63, 3.8) is 0 Å². The van der Waals surface area contributed by atoms with Gasteiger partial charge in [0, 0.05) is 17.6 Å². The average Bonchev–Trinajstić information content (AvgIpc) is 2.42. The molecule has 1 N–H and O–H groups in total. The van der Waals surface area contributed by atoms with Crippen LogP contribution in [-0.4, -0.2) is 6.04 Å². The molecular weight excluding hydrogens is 292 g/mol. The van der Waals surface area contributed by atoms with Gasteiger partial charge in [0.15, 0.2) is 0 Å². The minimum Gasteiger partial charge on any atom is -0.310 e. The SMILES string of the molecule is Cc1ccc(F)c(-c2ccc(CNC(C)C)c(Cl)c2)c1F. The van der Waals surface area contributed by atoms with E-state index in [1.807, 2.05) is 13.8 Å². The van der Waals surface area contributed by atoms with Crippen molar-refractivity contribution < 1.29 is 8.78 Å².